The van der Waals surface area contributed by atoms with Crippen molar-refractivity contribution in [3.05, 3.63) is 72.7 Å². The van der Waals surface area contributed by atoms with E-state index < -0.39 is 0 Å². The molecule has 0 unspecified atom stereocenters. The van der Waals surface area contributed by atoms with Crippen LogP contribution < -0.4 is 5.32 Å². The second-order valence-corrected chi connectivity index (χ2v) is 3.44. The van der Waals surface area contributed by atoms with E-state index in [2.05, 4.69) is 10.3 Å². The number of hydrogen-bond acceptors (Lipinski definition) is 3. The number of nitrogens with zero attached hydrogens (tertiary/aromatic N) is 1. The van der Waals surface area contributed by atoms with Crippen LogP contribution in [-0.4, -0.2) is 10.8 Å². The normalized spacial score (nSPS) is 10.4. The summed E-state index contributed by atoms with van der Waals surface area (Å²) >= 11 is 0. The molecule has 2 aromatic rings. The van der Waals surface area contributed by atoms with Gasteiger partial charge in [-0.2, -0.15) is 0 Å². The molecule has 1 aromatic carbocycles. The molecule has 1 N–H and O–H groups in total. The smallest absolute Gasteiger partial charge is 0.187 e. The van der Waals surface area contributed by atoms with Gasteiger partial charge in [-0.3, -0.25) is 9.78 Å². The maximum atomic E-state index is 11.7. The first-order valence-electron chi connectivity index (χ1n) is 5.29. The molecule has 0 aliphatic heterocycles. The van der Waals surface area contributed by atoms with Gasteiger partial charge in [-0.05, 0) is 24.3 Å². The Hall–Kier alpha value is -2.42. The molecule has 2 rings (SSSR count). The second kappa shape index (κ2) is 5.61. The minimum atomic E-state index is -0.0455. The standard InChI is InChI=1S/C14H12N2O/c17-14(12-6-9-15-10-7-12)8-11-16-13-4-2-1-3-5-13/h1-11,16H. The van der Waals surface area contributed by atoms with Crippen LogP contribution in [-0.2, 0) is 0 Å². The average Bonchev–Trinajstić information content (AvgIpc) is 2.41. The molecule has 0 amide bonds. The summed E-state index contributed by atoms with van der Waals surface area (Å²) in [4.78, 5) is 15.5. The van der Waals surface area contributed by atoms with Crippen LogP contribution in [0.5, 0.6) is 0 Å². The Bertz CT molecular complexity index is 506. The van der Waals surface area contributed by atoms with Gasteiger partial charge in [0.05, 0.1) is 0 Å². The van der Waals surface area contributed by atoms with Crippen LogP contribution in [0, 0.1) is 0 Å². The first-order chi connectivity index (χ1) is 8.36. The molecular formula is C14H12N2O. The van der Waals surface area contributed by atoms with Crippen LogP contribution in [0.3, 0.4) is 0 Å². The molecule has 0 bridgehead atoms. The fourth-order valence-electron chi connectivity index (χ4n) is 1.36. The van der Waals surface area contributed by atoms with E-state index in [0.717, 1.165) is 5.69 Å². The lowest BCUT2D eigenvalue weighted by molar-refractivity contribution is 0.104. The highest BCUT2D eigenvalue weighted by Crippen LogP contribution is 2.05. The number of ketones is 1. The molecule has 0 aliphatic carbocycles. The summed E-state index contributed by atoms with van der Waals surface area (Å²) in [6, 6.07) is 13.0. The number of carbonyl (C=O) groups excluding carboxylic acids is 1. The molecule has 1 aromatic heterocycles. The molecule has 0 aliphatic rings. The zero-order chi connectivity index (χ0) is 11.9. The summed E-state index contributed by atoms with van der Waals surface area (Å²) in [7, 11) is 0. The van der Waals surface area contributed by atoms with E-state index in [4.69, 9.17) is 0 Å². The molecule has 0 spiro atoms. The number of aromatic nitrogens is 1. The molecule has 0 radical (unpaired) electrons. The van der Waals surface area contributed by atoms with Crippen molar-refractivity contribution < 1.29 is 4.79 Å². The molecule has 84 valence electrons. The summed E-state index contributed by atoms with van der Waals surface area (Å²) in [6.45, 7) is 0. The van der Waals surface area contributed by atoms with Gasteiger partial charge in [0, 0.05) is 35.9 Å². The summed E-state index contributed by atoms with van der Waals surface area (Å²) in [5.74, 6) is -0.0455. The molecule has 1 heterocycles. The van der Waals surface area contributed by atoms with Crippen LogP contribution in [0.1, 0.15) is 10.4 Å². The predicted molar refractivity (Wildman–Crippen MR) is 67.8 cm³/mol. The Morgan fingerprint density at radius 1 is 1.06 bits per heavy atom. The van der Waals surface area contributed by atoms with Gasteiger partial charge in [-0.15, -0.1) is 0 Å². The average molecular weight is 224 g/mol. The van der Waals surface area contributed by atoms with Crippen LogP contribution in [0.25, 0.3) is 0 Å². The van der Waals surface area contributed by atoms with Crippen molar-refractivity contribution in [2.75, 3.05) is 5.32 Å². The first kappa shape index (κ1) is 11.1. The summed E-state index contributed by atoms with van der Waals surface area (Å²) in [6.07, 6.45) is 6.35. The third-order valence-electron chi connectivity index (χ3n) is 2.22. The molecular weight excluding hydrogens is 212 g/mol. The number of hydrogen-bond donors (Lipinski definition) is 1. The highest BCUT2D eigenvalue weighted by Gasteiger charge is 1.98. The molecule has 3 nitrogen and oxygen atoms in total. The van der Waals surface area contributed by atoms with E-state index in [-0.39, 0.29) is 5.78 Å². The second-order valence-electron chi connectivity index (χ2n) is 3.44. The van der Waals surface area contributed by atoms with Crippen LogP contribution in [0.2, 0.25) is 0 Å². The quantitative estimate of drug-likeness (QED) is 0.641. The van der Waals surface area contributed by atoms with Gasteiger partial charge >= 0.3 is 0 Å². The Kier molecular flexibility index (Phi) is 3.65. The van der Waals surface area contributed by atoms with E-state index >= 15 is 0 Å². The Labute approximate surface area is 99.8 Å². The summed E-state index contributed by atoms with van der Waals surface area (Å²) in [5.41, 5.74) is 1.58. The Morgan fingerprint density at radius 2 is 1.76 bits per heavy atom. The van der Waals surface area contributed by atoms with Gasteiger partial charge < -0.3 is 5.32 Å². The largest absolute Gasteiger partial charge is 0.362 e. The van der Waals surface area contributed by atoms with E-state index in [1.807, 2.05) is 30.3 Å². The van der Waals surface area contributed by atoms with Gasteiger partial charge in [0.15, 0.2) is 5.78 Å². The SMILES string of the molecule is O=C(C=CNc1ccccc1)c1ccncc1. The van der Waals surface area contributed by atoms with Crippen LogP contribution in [0.4, 0.5) is 5.69 Å². The molecule has 0 saturated heterocycles. The Morgan fingerprint density at radius 3 is 2.47 bits per heavy atom. The van der Waals surface area contributed by atoms with Crippen molar-refractivity contribution >= 4 is 11.5 Å². The molecule has 3 heteroatoms. The van der Waals surface area contributed by atoms with Gasteiger partial charge in [-0.1, -0.05) is 18.2 Å². The number of nitrogens with one attached hydrogen (secondary N) is 1. The number of allylic oxidation sites excluding steroid dienone is 1. The number of pyridine rings is 1. The minimum absolute atomic E-state index is 0.0455. The lowest BCUT2D eigenvalue weighted by Gasteiger charge is -1.98. The highest BCUT2D eigenvalue weighted by molar-refractivity contribution is 6.04. The van der Waals surface area contributed by atoms with Crippen molar-refractivity contribution in [3.8, 4) is 0 Å². The maximum absolute atomic E-state index is 11.7. The highest BCUT2D eigenvalue weighted by atomic mass is 16.1. The lowest BCUT2D eigenvalue weighted by atomic mass is 10.2. The van der Waals surface area contributed by atoms with Crippen LogP contribution in [0.15, 0.2) is 67.1 Å². The van der Waals surface area contributed by atoms with E-state index in [0.29, 0.717) is 5.56 Å². The number of para-hydroxylation sites is 1. The molecule has 0 saturated carbocycles. The van der Waals surface area contributed by atoms with E-state index in [1.54, 1.807) is 30.7 Å². The third kappa shape index (κ3) is 3.28. The zero-order valence-electron chi connectivity index (χ0n) is 9.21. The first-order valence-corrected chi connectivity index (χ1v) is 5.29. The third-order valence-corrected chi connectivity index (χ3v) is 2.22. The fourth-order valence-corrected chi connectivity index (χ4v) is 1.36. The van der Waals surface area contributed by atoms with E-state index in [9.17, 15) is 4.79 Å². The molecule has 0 fully saturated rings. The van der Waals surface area contributed by atoms with Crippen molar-refractivity contribution in [1.82, 2.24) is 4.98 Å². The van der Waals surface area contributed by atoms with Crippen LogP contribution >= 0.6 is 0 Å². The number of rotatable bonds is 4. The van der Waals surface area contributed by atoms with Crippen molar-refractivity contribution in [1.29, 1.82) is 0 Å². The van der Waals surface area contributed by atoms with Gasteiger partial charge in [-0.25, -0.2) is 0 Å². The predicted octanol–water partition coefficient (Wildman–Crippen LogP) is 2.89. The fraction of sp³-hybridized carbons (Fsp3) is 0. The number of anilines is 1. The summed E-state index contributed by atoms with van der Waals surface area (Å²) < 4.78 is 0. The van der Waals surface area contributed by atoms with Crippen molar-refractivity contribution in [2.24, 2.45) is 0 Å². The molecule has 17 heavy (non-hydrogen) atoms. The lowest BCUT2D eigenvalue weighted by Crippen LogP contribution is -1.96. The zero-order valence-corrected chi connectivity index (χ0v) is 9.21. The van der Waals surface area contributed by atoms with Gasteiger partial charge in [0.2, 0.25) is 0 Å². The van der Waals surface area contributed by atoms with Gasteiger partial charge in [0.1, 0.15) is 0 Å². The van der Waals surface area contributed by atoms with Crippen molar-refractivity contribution in [2.45, 2.75) is 0 Å². The number of carbonyl (C=O) groups is 1. The Balaban J connectivity index is 1.96. The molecule has 0 atom stereocenters. The maximum Gasteiger partial charge on any atom is 0.187 e. The topological polar surface area (TPSA) is 42.0 Å². The van der Waals surface area contributed by atoms with E-state index in [1.165, 1.54) is 6.08 Å². The minimum Gasteiger partial charge on any atom is -0.362 e. The summed E-state index contributed by atoms with van der Waals surface area (Å²) in [5, 5.41) is 3.03. The van der Waals surface area contributed by atoms with Gasteiger partial charge in [0.25, 0.3) is 0 Å². The monoisotopic (exact) mass is 224 g/mol. The number of benzene rings is 1. The van der Waals surface area contributed by atoms with Crippen molar-refractivity contribution in [3.63, 3.8) is 0 Å².